The quantitative estimate of drug-likeness (QED) is 0.431. The molecule has 0 aliphatic carbocycles. The molecule has 3 N–H and O–H groups in total. The number of furan rings is 1. The zero-order chi connectivity index (χ0) is 21.4. The van der Waals surface area contributed by atoms with E-state index in [4.69, 9.17) is 10.2 Å². The van der Waals surface area contributed by atoms with Crippen molar-refractivity contribution in [3.63, 3.8) is 0 Å². The molecule has 5 aromatic rings. The van der Waals surface area contributed by atoms with E-state index in [0.29, 0.717) is 33.6 Å². The average Bonchev–Trinajstić information content (AvgIpc) is 3.38. The number of nitrogens with zero attached hydrogens (tertiary/aromatic N) is 4. The van der Waals surface area contributed by atoms with Crippen LogP contribution in [0, 0.1) is 6.92 Å². The molecule has 152 valence electrons. The molecular formula is C23H18N6O2. The molecule has 5 rings (SSSR count). The molecule has 3 aromatic heterocycles. The molecule has 0 atom stereocenters. The van der Waals surface area contributed by atoms with Gasteiger partial charge in [-0.3, -0.25) is 4.79 Å². The Morgan fingerprint density at radius 3 is 2.52 bits per heavy atom. The summed E-state index contributed by atoms with van der Waals surface area (Å²) in [6.45, 7) is 1.98. The first-order valence-electron chi connectivity index (χ1n) is 9.63. The second-order valence-corrected chi connectivity index (χ2v) is 7.04. The van der Waals surface area contributed by atoms with E-state index < -0.39 is 0 Å². The fourth-order valence-corrected chi connectivity index (χ4v) is 3.30. The van der Waals surface area contributed by atoms with E-state index in [1.807, 2.05) is 55.5 Å². The van der Waals surface area contributed by atoms with Crippen LogP contribution in [0.4, 0.5) is 11.5 Å². The first-order chi connectivity index (χ1) is 15.1. The van der Waals surface area contributed by atoms with Gasteiger partial charge in [-0.25, -0.2) is 9.97 Å². The summed E-state index contributed by atoms with van der Waals surface area (Å²) >= 11 is 0. The molecule has 0 fully saturated rings. The Morgan fingerprint density at radius 1 is 1.06 bits per heavy atom. The van der Waals surface area contributed by atoms with E-state index in [2.05, 4.69) is 20.4 Å². The second-order valence-electron chi connectivity index (χ2n) is 7.04. The van der Waals surface area contributed by atoms with E-state index >= 15 is 0 Å². The lowest BCUT2D eigenvalue weighted by atomic mass is 10.2. The second kappa shape index (κ2) is 7.42. The van der Waals surface area contributed by atoms with Crippen LogP contribution in [-0.2, 0) is 0 Å². The fraction of sp³-hybridized carbons (Fsp3) is 0.0435. The molecule has 0 spiro atoms. The summed E-state index contributed by atoms with van der Waals surface area (Å²) in [6, 6.07) is 18.4. The van der Waals surface area contributed by atoms with Crippen LogP contribution >= 0.6 is 0 Å². The highest BCUT2D eigenvalue weighted by molar-refractivity contribution is 6.16. The Hall–Kier alpha value is -4.46. The van der Waals surface area contributed by atoms with Gasteiger partial charge >= 0.3 is 0 Å². The van der Waals surface area contributed by atoms with Gasteiger partial charge in [0.15, 0.2) is 5.65 Å². The third-order valence-electron chi connectivity index (χ3n) is 4.85. The molecule has 0 saturated heterocycles. The van der Waals surface area contributed by atoms with Gasteiger partial charge in [-0.2, -0.15) is 9.78 Å². The predicted molar refractivity (Wildman–Crippen MR) is 120 cm³/mol. The number of rotatable bonds is 4. The first-order valence-corrected chi connectivity index (χ1v) is 9.63. The lowest BCUT2D eigenvalue weighted by Gasteiger charge is -2.05. The summed E-state index contributed by atoms with van der Waals surface area (Å²) in [6.07, 6.45) is 3.06. The normalized spacial score (nSPS) is 11.5. The highest BCUT2D eigenvalue weighted by atomic mass is 16.3. The topological polar surface area (TPSA) is 111 Å². The van der Waals surface area contributed by atoms with E-state index in [9.17, 15) is 4.79 Å². The molecule has 0 aliphatic heterocycles. The number of benzene rings is 2. The number of amides is 1. The Morgan fingerprint density at radius 2 is 1.81 bits per heavy atom. The molecule has 8 nitrogen and oxygen atoms in total. The van der Waals surface area contributed by atoms with E-state index in [1.54, 1.807) is 18.4 Å². The van der Waals surface area contributed by atoms with Crippen molar-refractivity contribution in [3.8, 4) is 0 Å². The van der Waals surface area contributed by atoms with Crippen molar-refractivity contribution < 1.29 is 9.21 Å². The minimum absolute atomic E-state index is 0.137. The SMILES string of the molecule is Cc1ccc(NC(=O)c2c(N)n(/N=C/c3ccco3)c3nc4ccccc4nc23)cc1. The summed E-state index contributed by atoms with van der Waals surface area (Å²) in [5.74, 6) is 0.293. The number of hydrogen-bond donors (Lipinski definition) is 2. The van der Waals surface area contributed by atoms with E-state index in [1.165, 1.54) is 10.9 Å². The fourth-order valence-electron chi connectivity index (χ4n) is 3.30. The number of nitrogens with one attached hydrogen (secondary N) is 1. The maximum atomic E-state index is 13.2. The van der Waals surface area contributed by atoms with Crippen LogP contribution in [0.2, 0.25) is 0 Å². The van der Waals surface area contributed by atoms with Crippen LogP contribution in [-0.4, -0.2) is 26.8 Å². The van der Waals surface area contributed by atoms with Gasteiger partial charge in [-0.1, -0.05) is 29.8 Å². The molecule has 1 amide bonds. The highest BCUT2D eigenvalue weighted by Gasteiger charge is 2.24. The Labute approximate surface area is 177 Å². The number of hydrogen-bond acceptors (Lipinski definition) is 6. The van der Waals surface area contributed by atoms with Gasteiger partial charge < -0.3 is 15.5 Å². The molecule has 0 bridgehead atoms. The van der Waals surface area contributed by atoms with Crippen molar-refractivity contribution in [1.29, 1.82) is 0 Å². The largest absolute Gasteiger partial charge is 0.463 e. The van der Waals surface area contributed by atoms with Gasteiger partial charge in [0, 0.05) is 5.69 Å². The minimum Gasteiger partial charge on any atom is -0.463 e. The first kappa shape index (κ1) is 18.6. The van der Waals surface area contributed by atoms with Crippen molar-refractivity contribution >= 4 is 45.8 Å². The van der Waals surface area contributed by atoms with Gasteiger partial charge in [0.2, 0.25) is 0 Å². The number of aromatic nitrogens is 3. The summed E-state index contributed by atoms with van der Waals surface area (Å²) in [7, 11) is 0. The maximum absolute atomic E-state index is 13.2. The molecule has 2 aromatic carbocycles. The third kappa shape index (κ3) is 3.40. The number of nitrogen functional groups attached to an aromatic ring is 1. The molecule has 0 aliphatic rings. The Bertz CT molecular complexity index is 1430. The van der Waals surface area contributed by atoms with Gasteiger partial charge in [0.05, 0.1) is 23.5 Å². The van der Waals surface area contributed by atoms with Gasteiger partial charge in [-0.05, 0) is 43.3 Å². The summed E-state index contributed by atoms with van der Waals surface area (Å²) in [5.41, 5.74) is 10.4. The van der Waals surface area contributed by atoms with Crippen LogP contribution in [0.25, 0.3) is 22.2 Å². The lowest BCUT2D eigenvalue weighted by Crippen LogP contribution is -2.14. The minimum atomic E-state index is -0.386. The summed E-state index contributed by atoms with van der Waals surface area (Å²) in [5, 5.41) is 7.27. The number of aryl methyl sites for hydroxylation is 1. The standard InChI is InChI=1S/C23H18N6O2/c1-14-8-10-15(11-9-14)26-23(30)19-20-22(28-18-7-3-2-6-17(18)27-20)29(21(19)24)25-13-16-5-4-12-31-16/h2-13H,24H2,1H3,(H,26,30)/b25-13+. The Kier molecular flexibility index (Phi) is 4.44. The molecule has 31 heavy (non-hydrogen) atoms. The lowest BCUT2D eigenvalue weighted by molar-refractivity contribution is 0.102. The van der Waals surface area contributed by atoms with E-state index in [0.717, 1.165) is 5.56 Å². The number of carbonyl (C=O) groups excluding carboxylic acids is 1. The number of anilines is 2. The third-order valence-corrected chi connectivity index (χ3v) is 4.85. The summed E-state index contributed by atoms with van der Waals surface area (Å²) in [4.78, 5) is 22.5. The zero-order valence-corrected chi connectivity index (χ0v) is 16.6. The monoisotopic (exact) mass is 410 g/mol. The smallest absolute Gasteiger partial charge is 0.261 e. The maximum Gasteiger partial charge on any atom is 0.261 e. The number of carbonyl (C=O) groups is 1. The van der Waals surface area contributed by atoms with Crippen LogP contribution in [0.1, 0.15) is 21.7 Å². The molecule has 0 unspecified atom stereocenters. The molecule has 0 radical (unpaired) electrons. The van der Waals surface area contributed by atoms with Crippen molar-refractivity contribution in [2.24, 2.45) is 5.10 Å². The van der Waals surface area contributed by atoms with Crippen LogP contribution in [0.5, 0.6) is 0 Å². The van der Waals surface area contributed by atoms with Gasteiger partial charge in [0.25, 0.3) is 5.91 Å². The number of para-hydroxylation sites is 2. The molecule has 3 heterocycles. The van der Waals surface area contributed by atoms with Crippen molar-refractivity contribution in [2.75, 3.05) is 11.1 Å². The molecular weight excluding hydrogens is 392 g/mol. The molecule has 8 heteroatoms. The number of nitrogens with two attached hydrogens (primary N) is 1. The van der Waals surface area contributed by atoms with Crippen molar-refractivity contribution in [1.82, 2.24) is 14.6 Å². The van der Waals surface area contributed by atoms with Crippen molar-refractivity contribution in [3.05, 3.63) is 83.8 Å². The van der Waals surface area contributed by atoms with Crippen molar-refractivity contribution in [2.45, 2.75) is 6.92 Å². The van der Waals surface area contributed by atoms with E-state index in [-0.39, 0.29) is 17.3 Å². The van der Waals surface area contributed by atoms with Gasteiger partial charge in [-0.15, -0.1) is 0 Å². The number of fused-ring (bicyclic) bond motifs is 2. The predicted octanol–water partition coefficient (Wildman–Crippen LogP) is 4.20. The zero-order valence-electron chi connectivity index (χ0n) is 16.6. The van der Waals surface area contributed by atoms with Crippen LogP contribution in [0.15, 0.2) is 76.4 Å². The molecule has 0 saturated carbocycles. The summed E-state index contributed by atoms with van der Waals surface area (Å²) < 4.78 is 6.71. The van der Waals surface area contributed by atoms with Gasteiger partial charge in [0.1, 0.15) is 22.7 Å². The van der Waals surface area contributed by atoms with Crippen LogP contribution < -0.4 is 11.1 Å². The Balaban J connectivity index is 1.67. The highest BCUT2D eigenvalue weighted by Crippen LogP contribution is 2.28. The van der Waals surface area contributed by atoms with Crippen LogP contribution in [0.3, 0.4) is 0 Å². The average molecular weight is 410 g/mol.